The second kappa shape index (κ2) is 7.15. The van der Waals surface area contributed by atoms with Crippen molar-refractivity contribution >= 4 is 25.7 Å². The van der Waals surface area contributed by atoms with Crippen molar-refractivity contribution in [3.63, 3.8) is 0 Å². The highest BCUT2D eigenvalue weighted by molar-refractivity contribution is 7.92. The first-order valence-electron chi connectivity index (χ1n) is 7.77. The Hall–Kier alpha value is -1.90. The number of benzene rings is 2. The van der Waals surface area contributed by atoms with Crippen LogP contribution < -0.4 is 9.44 Å². The molecule has 25 heavy (non-hydrogen) atoms. The first-order chi connectivity index (χ1) is 11.6. The third-order valence-electron chi connectivity index (χ3n) is 3.62. The van der Waals surface area contributed by atoms with Crippen molar-refractivity contribution in [2.45, 2.75) is 37.5 Å². The Labute approximate surface area is 149 Å². The van der Waals surface area contributed by atoms with Crippen LogP contribution in [0.5, 0.6) is 0 Å². The lowest BCUT2D eigenvalue weighted by atomic mass is 10.1. The minimum absolute atomic E-state index is 0.0833. The lowest BCUT2D eigenvalue weighted by Gasteiger charge is -2.14. The monoisotopic (exact) mass is 382 g/mol. The molecule has 0 aliphatic rings. The largest absolute Gasteiger partial charge is 0.280 e. The van der Waals surface area contributed by atoms with Crippen molar-refractivity contribution in [1.29, 1.82) is 0 Å². The number of nitrogens with one attached hydrogen (secondary N) is 2. The molecule has 0 radical (unpaired) electrons. The molecule has 0 saturated heterocycles. The van der Waals surface area contributed by atoms with Gasteiger partial charge in [-0.1, -0.05) is 24.6 Å². The maximum atomic E-state index is 12.7. The predicted molar refractivity (Wildman–Crippen MR) is 98.8 cm³/mol. The number of hydrogen-bond donors (Lipinski definition) is 2. The van der Waals surface area contributed by atoms with Crippen molar-refractivity contribution in [3.05, 3.63) is 53.1 Å². The normalized spacial score (nSPS) is 12.2. The first-order valence-corrected chi connectivity index (χ1v) is 10.7. The smallest absolute Gasteiger partial charge is 0.262 e. The van der Waals surface area contributed by atoms with Crippen LogP contribution in [0.2, 0.25) is 0 Å². The average Bonchev–Trinajstić information content (AvgIpc) is 2.45. The lowest BCUT2D eigenvalue weighted by molar-refractivity contribution is 0.584. The van der Waals surface area contributed by atoms with Crippen LogP contribution in [-0.2, 0) is 20.0 Å². The molecule has 2 rings (SSSR count). The van der Waals surface area contributed by atoms with Crippen molar-refractivity contribution in [1.82, 2.24) is 4.72 Å². The van der Waals surface area contributed by atoms with Crippen LogP contribution in [0, 0.1) is 20.8 Å². The Balaban J connectivity index is 2.34. The van der Waals surface area contributed by atoms with E-state index in [0.717, 1.165) is 5.56 Å². The van der Waals surface area contributed by atoms with Gasteiger partial charge in [-0.3, -0.25) is 4.72 Å². The second-order valence-corrected chi connectivity index (χ2v) is 9.25. The van der Waals surface area contributed by atoms with Gasteiger partial charge in [0.1, 0.15) is 0 Å². The molecule has 6 nitrogen and oxygen atoms in total. The van der Waals surface area contributed by atoms with Gasteiger partial charge in [-0.05, 0) is 56.2 Å². The Morgan fingerprint density at radius 2 is 1.36 bits per heavy atom. The van der Waals surface area contributed by atoms with Gasteiger partial charge in [-0.15, -0.1) is 0 Å². The van der Waals surface area contributed by atoms with Crippen molar-refractivity contribution in [3.8, 4) is 0 Å². The summed E-state index contributed by atoms with van der Waals surface area (Å²) in [5, 5.41) is 0. The topological polar surface area (TPSA) is 92.3 Å². The average molecular weight is 383 g/mol. The summed E-state index contributed by atoms with van der Waals surface area (Å²) in [6.07, 6.45) is 0. The minimum atomic E-state index is -3.77. The molecule has 0 aliphatic carbocycles. The summed E-state index contributed by atoms with van der Waals surface area (Å²) in [6.45, 7) is 7.38. The molecular formula is C17H22N2O4S2. The van der Waals surface area contributed by atoms with Gasteiger partial charge in [-0.2, -0.15) is 0 Å². The molecule has 0 saturated carbocycles. The number of hydrogen-bond acceptors (Lipinski definition) is 4. The summed E-state index contributed by atoms with van der Waals surface area (Å²) in [4.78, 5) is 0.322. The SMILES string of the molecule is CCNS(=O)(=O)c1ccc(NS(=O)(=O)c2c(C)cc(C)cc2C)cc1. The molecule has 0 aliphatic heterocycles. The van der Waals surface area contributed by atoms with E-state index in [1.807, 2.05) is 19.1 Å². The van der Waals surface area contributed by atoms with E-state index in [9.17, 15) is 16.8 Å². The van der Waals surface area contributed by atoms with Crippen LogP contribution in [0.3, 0.4) is 0 Å². The van der Waals surface area contributed by atoms with E-state index < -0.39 is 20.0 Å². The Morgan fingerprint density at radius 1 is 0.840 bits per heavy atom. The molecule has 8 heteroatoms. The Morgan fingerprint density at radius 3 is 1.84 bits per heavy atom. The molecule has 0 spiro atoms. The molecule has 2 aromatic carbocycles. The van der Waals surface area contributed by atoms with Gasteiger partial charge >= 0.3 is 0 Å². The molecule has 0 fully saturated rings. The van der Waals surface area contributed by atoms with E-state index in [0.29, 0.717) is 16.8 Å². The maximum absolute atomic E-state index is 12.7. The van der Waals surface area contributed by atoms with Crippen LogP contribution in [0.4, 0.5) is 5.69 Å². The Kier molecular flexibility index (Phi) is 5.55. The van der Waals surface area contributed by atoms with Gasteiger partial charge in [0.2, 0.25) is 10.0 Å². The van der Waals surface area contributed by atoms with Gasteiger partial charge < -0.3 is 0 Å². The summed E-state index contributed by atoms with van der Waals surface area (Å²) in [5.41, 5.74) is 2.62. The molecule has 0 bridgehead atoms. The fourth-order valence-corrected chi connectivity index (χ4v) is 5.33. The molecule has 0 aromatic heterocycles. The van der Waals surface area contributed by atoms with E-state index in [4.69, 9.17) is 0 Å². The highest BCUT2D eigenvalue weighted by Gasteiger charge is 2.20. The molecule has 2 N–H and O–H groups in total. The highest BCUT2D eigenvalue weighted by atomic mass is 32.2. The maximum Gasteiger partial charge on any atom is 0.262 e. The molecule has 0 heterocycles. The molecule has 2 aromatic rings. The number of rotatable bonds is 6. The van der Waals surface area contributed by atoms with Crippen LogP contribution >= 0.6 is 0 Å². The summed E-state index contributed by atoms with van der Waals surface area (Å²) in [6, 6.07) is 9.22. The van der Waals surface area contributed by atoms with Crippen LogP contribution in [0.1, 0.15) is 23.6 Å². The lowest BCUT2D eigenvalue weighted by Crippen LogP contribution is -2.23. The molecule has 0 unspecified atom stereocenters. The van der Waals surface area contributed by atoms with Crippen LogP contribution in [0.25, 0.3) is 0 Å². The van der Waals surface area contributed by atoms with Crippen LogP contribution in [-0.4, -0.2) is 23.4 Å². The molecule has 0 atom stereocenters. The quantitative estimate of drug-likeness (QED) is 0.803. The fourth-order valence-electron chi connectivity index (χ4n) is 2.77. The van der Waals surface area contributed by atoms with Gasteiger partial charge in [0.05, 0.1) is 9.79 Å². The summed E-state index contributed by atoms with van der Waals surface area (Å²) < 4.78 is 54.1. The molecule has 136 valence electrons. The van der Waals surface area contributed by atoms with Gasteiger partial charge in [-0.25, -0.2) is 21.6 Å². The van der Waals surface area contributed by atoms with Crippen LogP contribution in [0.15, 0.2) is 46.2 Å². The number of anilines is 1. The summed E-state index contributed by atoms with van der Waals surface area (Å²) in [5.74, 6) is 0. The Bertz CT molecular complexity index is 957. The van der Waals surface area contributed by atoms with E-state index in [1.54, 1.807) is 20.8 Å². The molecule has 0 amide bonds. The zero-order valence-electron chi connectivity index (χ0n) is 14.6. The summed E-state index contributed by atoms with van der Waals surface area (Å²) in [7, 11) is -7.33. The third kappa shape index (κ3) is 4.39. The zero-order chi connectivity index (χ0) is 18.8. The van der Waals surface area contributed by atoms with Gasteiger partial charge in [0.15, 0.2) is 0 Å². The zero-order valence-corrected chi connectivity index (χ0v) is 16.3. The minimum Gasteiger partial charge on any atom is -0.280 e. The summed E-state index contributed by atoms with van der Waals surface area (Å²) >= 11 is 0. The second-order valence-electron chi connectivity index (χ2n) is 5.86. The van der Waals surface area contributed by atoms with E-state index in [2.05, 4.69) is 9.44 Å². The molecular weight excluding hydrogens is 360 g/mol. The van der Waals surface area contributed by atoms with Crippen molar-refractivity contribution < 1.29 is 16.8 Å². The fraction of sp³-hybridized carbons (Fsp3) is 0.294. The third-order valence-corrected chi connectivity index (χ3v) is 6.87. The number of aryl methyl sites for hydroxylation is 3. The first kappa shape index (κ1) is 19.4. The van der Waals surface area contributed by atoms with E-state index in [1.165, 1.54) is 24.3 Å². The van der Waals surface area contributed by atoms with E-state index in [-0.39, 0.29) is 16.3 Å². The van der Waals surface area contributed by atoms with E-state index >= 15 is 0 Å². The van der Waals surface area contributed by atoms with Crippen molar-refractivity contribution in [2.24, 2.45) is 0 Å². The van der Waals surface area contributed by atoms with Crippen molar-refractivity contribution in [2.75, 3.05) is 11.3 Å². The predicted octanol–water partition coefficient (Wildman–Crippen LogP) is 2.71. The highest BCUT2D eigenvalue weighted by Crippen LogP contribution is 2.24. The van der Waals surface area contributed by atoms with Gasteiger partial charge in [0, 0.05) is 12.2 Å². The van der Waals surface area contributed by atoms with Gasteiger partial charge in [0.25, 0.3) is 10.0 Å². The number of sulfonamides is 2. The standard InChI is InChI=1S/C17H22N2O4S2/c1-5-18-24(20,21)16-8-6-15(7-9-16)19-25(22,23)17-13(3)10-12(2)11-14(17)4/h6-11,18-19H,5H2,1-4H3.